The standard InChI is InChI=1S/C11H16ClN3OS/c1-6-9(13)5-8(12)11(10(6)14)17-4-3-15-7(2)16/h5H,3-4,13-14H2,1-2H3,(H,15,16). The molecule has 5 N–H and O–H groups in total. The van der Waals surface area contributed by atoms with E-state index in [9.17, 15) is 4.79 Å². The molecule has 0 aliphatic carbocycles. The minimum atomic E-state index is -0.0434. The van der Waals surface area contributed by atoms with E-state index in [2.05, 4.69) is 5.32 Å². The van der Waals surface area contributed by atoms with E-state index in [1.165, 1.54) is 18.7 Å². The van der Waals surface area contributed by atoms with Crippen molar-refractivity contribution >= 4 is 40.6 Å². The summed E-state index contributed by atoms with van der Waals surface area (Å²) in [5.74, 6) is 0.672. The van der Waals surface area contributed by atoms with Gasteiger partial charge in [0.1, 0.15) is 0 Å². The molecule has 17 heavy (non-hydrogen) atoms. The monoisotopic (exact) mass is 273 g/mol. The number of anilines is 2. The van der Waals surface area contributed by atoms with Gasteiger partial charge < -0.3 is 16.8 Å². The molecule has 0 heterocycles. The summed E-state index contributed by atoms with van der Waals surface area (Å²) >= 11 is 7.59. The van der Waals surface area contributed by atoms with Crippen molar-refractivity contribution in [1.82, 2.24) is 5.32 Å². The van der Waals surface area contributed by atoms with E-state index in [1.54, 1.807) is 6.07 Å². The predicted octanol–water partition coefficient (Wildman–Crippen LogP) is 2.04. The third kappa shape index (κ3) is 3.71. The fourth-order valence-electron chi connectivity index (χ4n) is 1.29. The average molecular weight is 274 g/mol. The largest absolute Gasteiger partial charge is 0.398 e. The van der Waals surface area contributed by atoms with Crippen molar-refractivity contribution < 1.29 is 4.79 Å². The summed E-state index contributed by atoms with van der Waals surface area (Å²) in [5.41, 5.74) is 13.8. The fraction of sp³-hybridized carbons (Fsp3) is 0.364. The third-order valence-electron chi connectivity index (χ3n) is 2.30. The molecule has 0 radical (unpaired) electrons. The van der Waals surface area contributed by atoms with Crippen molar-refractivity contribution in [3.05, 3.63) is 16.7 Å². The second kappa shape index (κ2) is 6.02. The zero-order chi connectivity index (χ0) is 13.0. The summed E-state index contributed by atoms with van der Waals surface area (Å²) in [6.45, 7) is 3.93. The van der Waals surface area contributed by atoms with Gasteiger partial charge in [0.05, 0.1) is 10.7 Å². The second-order valence-electron chi connectivity index (χ2n) is 3.65. The van der Waals surface area contributed by atoms with E-state index >= 15 is 0 Å². The molecular formula is C11H16ClN3OS. The van der Waals surface area contributed by atoms with Gasteiger partial charge in [0.2, 0.25) is 5.91 Å². The molecule has 6 heteroatoms. The van der Waals surface area contributed by atoms with Gasteiger partial charge in [0.15, 0.2) is 0 Å². The molecule has 94 valence electrons. The first kappa shape index (κ1) is 14.0. The number of carbonyl (C=O) groups excluding carboxylic acids is 1. The first-order valence-electron chi connectivity index (χ1n) is 5.14. The molecule has 0 unspecified atom stereocenters. The lowest BCUT2D eigenvalue weighted by atomic mass is 10.1. The first-order chi connectivity index (χ1) is 7.93. The summed E-state index contributed by atoms with van der Waals surface area (Å²) in [6, 6.07) is 1.70. The lowest BCUT2D eigenvalue weighted by Gasteiger charge is -2.12. The van der Waals surface area contributed by atoms with E-state index in [4.69, 9.17) is 23.1 Å². The Morgan fingerprint density at radius 3 is 2.76 bits per heavy atom. The van der Waals surface area contributed by atoms with Crippen LogP contribution >= 0.6 is 23.4 Å². The van der Waals surface area contributed by atoms with Crippen LogP contribution in [0.3, 0.4) is 0 Å². The normalized spacial score (nSPS) is 10.3. The lowest BCUT2D eigenvalue weighted by molar-refractivity contribution is -0.118. The number of thioether (sulfide) groups is 1. The Morgan fingerprint density at radius 1 is 1.53 bits per heavy atom. The predicted molar refractivity (Wildman–Crippen MR) is 74.4 cm³/mol. The summed E-state index contributed by atoms with van der Waals surface area (Å²) in [5, 5.41) is 3.27. The molecule has 0 saturated heterocycles. The quantitative estimate of drug-likeness (QED) is 0.445. The molecule has 0 bridgehead atoms. The van der Waals surface area contributed by atoms with E-state index in [0.29, 0.717) is 28.7 Å². The highest BCUT2D eigenvalue weighted by atomic mass is 35.5. The van der Waals surface area contributed by atoms with Gasteiger partial charge in [-0.2, -0.15) is 0 Å². The van der Waals surface area contributed by atoms with Crippen LogP contribution in [0.5, 0.6) is 0 Å². The minimum Gasteiger partial charge on any atom is -0.398 e. The van der Waals surface area contributed by atoms with Gasteiger partial charge in [-0.3, -0.25) is 4.79 Å². The summed E-state index contributed by atoms with van der Waals surface area (Å²) < 4.78 is 0. The Bertz CT molecular complexity index is 437. The van der Waals surface area contributed by atoms with E-state index in [0.717, 1.165) is 10.5 Å². The Labute approximate surface area is 110 Å². The number of nitrogens with two attached hydrogens (primary N) is 2. The van der Waals surface area contributed by atoms with E-state index < -0.39 is 0 Å². The Hall–Kier alpha value is -1.07. The van der Waals surface area contributed by atoms with Crippen molar-refractivity contribution in [1.29, 1.82) is 0 Å². The van der Waals surface area contributed by atoms with Crippen molar-refractivity contribution in [3.63, 3.8) is 0 Å². The van der Waals surface area contributed by atoms with Crippen LogP contribution < -0.4 is 16.8 Å². The fourth-order valence-corrected chi connectivity index (χ4v) is 2.59. The summed E-state index contributed by atoms with van der Waals surface area (Å²) in [7, 11) is 0. The number of hydrogen-bond donors (Lipinski definition) is 3. The molecule has 1 aromatic rings. The van der Waals surface area contributed by atoms with Gasteiger partial charge >= 0.3 is 0 Å². The molecule has 0 aliphatic rings. The Kier molecular flexibility index (Phi) is 4.96. The van der Waals surface area contributed by atoms with E-state index in [-0.39, 0.29) is 5.91 Å². The zero-order valence-corrected chi connectivity index (χ0v) is 11.4. The van der Waals surface area contributed by atoms with Crippen LogP contribution in [-0.4, -0.2) is 18.2 Å². The van der Waals surface area contributed by atoms with Crippen LogP contribution in [0.1, 0.15) is 12.5 Å². The zero-order valence-electron chi connectivity index (χ0n) is 9.84. The highest BCUT2D eigenvalue weighted by Gasteiger charge is 2.11. The van der Waals surface area contributed by atoms with Crippen LogP contribution in [-0.2, 0) is 4.79 Å². The number of carbonyl (C=O) groups is 1. The minimum absolute atomic E-state index is 0.0434. The lowest BCUT2D eigenvalue weighted by Crippen LogP contribution is -2.22. The number of nitrogen functional groups attached to an aromatic ring is 2. The average Bonchev–Trinajstić information content (AvgIpc) is 2.24. The van der Waals surface area contributed by atoms with Gasteiger partial charge in [0.25, 0.3) is 0 Å². The number of rotatable bonds is 4. The SMILES string of the molecule is CC(=O)NCCSc1c(Cl)cc(N)c(C)c1N. The highest BCUT2D eigenvalue weighted by Crippen LogP contribution is 2.37. The smallest absolute Gasteiger partial charge is 0.216 e. The number of hydrogen-bond acceptors (Lipinski definition) is 4. The molecule has 1 aromatic carbocycles. The number of amides is 1. The Morgan fingerprint density at radius 2 is 2.18 bits per heavy atom. The van der Waals surface area contributed by atoms with Crippen LogP contribution in [0.15, 0.2) is 11.0 Å². The maximum absolute atomic E-state index is 10.7. The molecule has 4 nitrogen and oxygen atoms in total. The van der Waals surface area contributed by atoms with Crippen LogP contribution in [0.2, 0.25) is 5.02 Å². The molecule has 1 amide bonds. The maximum Gasteiger partial charge on any atom is 0.216 e. The summed E-state index contributed by atoms with van der Waals surface area (Å²) in [4.78, 5) is 11.5. The molecule has 0 aromatic heterocycles. The second-order valence-corrected chi connectivity index (χ2v) is 5.16. The van der Waals surface area contributed by atoms with Crippen molar-refractivity contribution in [3.8, 4) is 0 Å². The van der Waals surface area contributed by atoms with Gasteiger partial charge in [-0.05, 0) is 18.6 Å². The van der Waals surface area contributed by atoms with Gasteiger partial charge in [-0.25, -0.2) is 0 Å². The van der Waals surface area contributed by atoms with E-state index in [1.807, 2.05) is 6.92 Å². The van der Waals surface area contributed by atoms with Gasteiger partial charge in [-0.1, -0.05) is 11.6 Å². The van der Waals surface area contributed by atoms with Crippen LogP contribution in [0.25, 0.3) is 0 Å². The van der Waals surface area contributed by atoms with Crippen LogP contribution in [0.4, 0.5) is 11.4 Å². The number of benzene rings is 1. The molecule has 0 fully saturated rings. The molecule has 0 spiro atoms. The molecule has 1 rings (SSSR count). The molecule has 0 aliphatic heterocycles. The van der Waals surface area contributed by atoms with Crippen molar-refractivity contribution in [2.75, 3.05) is 23.8 Å². The van der Waals surface area contributed by atoms with Gasteiger partial charge in [0, 0.05) is 29.8 Å². The molecule has 0 saturated carbocycles. The van der Waals surface area contributed by atoms with Crippen LogP contribution in [0, 0.1) is 6.92 Å². The van der Waals surface area contributed by atoms with Crippen molar-refractivity contribution in [2.45, 2.75) is 18.7 Å². The maximum atomic E-state index is 10.7. The number of nitrogens with one attached hydrogen (secondary N) is 1. The third-order valence-corrected chi connectivity index (χ3v) is 3.85. The first-order valence-corrected chi connectivity index (χ1v) is 6.51. The van der Waals surface area contributed by atoms with Gasteiger partial charge in [-0.15, -0.1) is 11.8 Å². The summed E-state index contributed by atoms with van der Waals surface area (Å²) in [6.07, 6.45) is 0. The molecule has 0 atom stereocenters. The van der Waals surface area contributed by atoms with Crippen molar-refractivity contribution in [2.24, 2.45) is 0 Å². The molecular weight excluding hydrogens is 258 g/mol. The topological polar surface area (TPSA) is 81.1 Å². The Balaban J connectivity index is 2.71. The number of halogens is 1. The highest BCUT2D eigenvalue weighted by molar-refractivity contribution is 7.99.